The van der Waals surface area contributed by atoms with Gasteiger partial charge in [-0.3, -0.25) is 0 Å². The van der Waals surface area contributed by atoms with E-state index >= 15 is 0 Å². The van der Waals surface area contributed by atoms with Crippen LogP contribution < -0.4 is 5.32 Å². The summed E-state index contributed by atoms with van der Waals surface area (Å²) < 4.78 is 0. The maximum atomic E-state index is 10.6. The number of unbranched alkanes of at least 4 members (excludes halogenated alkanes) is 1. The van der Waals surface area contributed by atoms with Gasteiger partial charge in [0.05, 0.1) is 0 Å². The summed E-state index contributed by atoms with van der Waals surface area (Å²) >= 11 is 0. The molecule has 2 fully saturated rings. The lowest BCUT2D eigenvalue weighted by Crippen LogP contribution is -2.59. The highest BCUT2D eigenvalue weighted by Crippen LogP contribution is 2.54. The first-order chi connectivity index (χ1) is 10.7. The molecule has 1 saturated heterocycles. The van der Waals surface area contributed by atoms with Crippen LogP contribution in [-0.4, -0.2) is 17.7 Å². The molecule has 3 atom stereocenters. The molecule has 2 N–H and O–H groups in total. The van der Waals surface area contributed by atoms with E-state index in [1.54, 1.807) is 0 Å². The van der Waals surface area contributed by atoms with Crippen LogP contribution in [0.1, 0.15) is 68.6 Å². The Hall–Kier alpha value is -1.02. The Morgan fingerprint density at radius 1 is 1.27 bits per heavy atom. The Balaban J connectivity index is 1.78. The van der Waals surface area contributed by atoms with Crippen molar-refractivity contribution < 1.29 is 5.11 Å². The molecular formula is C20H29NO. The Bertz CT molecular complexity index is 563. The topological polar surface area (TPSA) is 32.3 Å². The average molecular weight is 299 g/mol. The summed E-state index contributed by atoms with van der Waals surface area (Å²) in [5, 5.41) is 14.4. The summed E-state index contributed by atoms with van der Waals surface area (Å²) in [6.07, 6.45) is 11.3. The molecule has 1 aromatic rings. The maximum absolute atomic E-state index is 10.6. The van der Waals surface area contributed by atoms with Crippen LogP contribution in [0.15, 0.2) is 12.1 Å². The van der Waals surface area contributed by atoms with E-state index in [-0.39, 0.29) is 0 Å². The second kappa shape index (κ2) is 5.56. The van der Waals surface area contributed by atoms with Crippen LogP contribution in [0.2, 0.25) is 0 Å². The average Bonchev–Trinajstić information content (AvgIpc) is 2.54. The smallest absolute Gasteiger partial charge is 0.119 e. The van der Waals surface area contributed by atoms with E-state index in [4.69, 9.17) is 0 Å². The molecule has 2 aliphatic carbocycles. The fraction of sp³-hybridized carbons (Fsp3) is 0.700. The number of aromatic hydroxyl groups is 1. The van der Waals surface area contributed by atoms with Gasteiger partial charge in [0.1, 0.15) is 5.75 Å². The molecule has 1 aliphatic heterocycles. The van der Waals surface area contributed by atoms with Gasteiger partial charge in [0, 0.05) is 11.5 Å². The highest BCUT2D eigenvalue weighted by molar-refractivity contribution is 5.49. The fourth-order valence-corrected chi connectivity index (χ4v) is 5.59. The van der Waals surface area contributed by atoms with Crippen molar-refractivity contribution in [1.29, 1.82) is 0 Å². The lowest BCUT2D eigenvalue weighted by Gasteiger charge is -2.56. The normalized spacial score (nSPS) is 33.1. The fourth-order valence-electron chi connectivity index (χ4n) is 5.59. The first kappa shape index (κ1) is 14.6. The van der Waals surface area contributed by atoms with Crippen LogP contribution in [0, 0.1) is 5.92 Å². The zero-order valence-electron chi connectivity index (χ0n) is 13.8. The predicted molar refractivity (Wildman–Crippen MR) is 90.5 cm³/mol. The third-order valence-corrected chi connectivity index (χ3v) is 6.64. The predicted octanol–water partition coefficient (Wildman–Crippen LogP) is 4.08. The molecule has 4 rings (SSSR count). The Morgan fingerprint density at radius 2 is 2.18 bits per heavy atom. The van der Waals surface area contributed by atoms with E-state index in [0.717, 1.165) is 18.9 Å². The van der Waals surface area contributed by atoms with Crippen molar-refractivity contribution in [1.82, 2.24) is 5.32 Å². The molecule has 2 bridgehead atoms. The first-order valence-electron chi connectivity index (χ1n) is 9.33. The van der Waals surface area contributed by atoms with Gasteiger partial charge in [-0.15, -0.1) is 0 Å². The van der Waals surface area contributed by atoms with Gasteiger partial charge in [0.2, 0.25) is 0 Å². The lowest BCUT2D eigenvalue weighted by atomic mass is 9.52. The van der Waals surface area contributed by atoms with Crippen LogP contribution in [0.3, 0.4) is 0 Å². The van der Waals surface area contributed by atoms with Crippen LogP contribution in [0.5, 0.6) is 5.75 Å². The van der Waals surface area contributed by atoms with Crippen LogP contribution in [-0.2, 0) is 18.3 Å². The first-order valence-corrected chi connectivity index (χ1v) is 9.33. The van der Waals surface area contributed by atoms with Crippen LogP contribution in [0.25, 0.3) is 0 Å². The third-order valence-electron chi connectivity index (χ3n) is 6.64. The van der Waals surface area contributed by atoms with Crippen LogP contribution >= 0.6 is 0 Å². The number of benzene rings is 1. The highest BCUT2D eigenvalue weighted by Gasteiger charge is 2.51. The lowest BCUT2D eigenvalue weighted by molar-refractivity contribution is 0.0795. The molecular weight excluding hydrogens is 270 g/mol. The number of piperidine rings is 1. The van der Waals surface area contributed by atoms with E-state index in [1.165, 1.54) is 68.1 Å². The van der Waals surface area contributed by atoms with Crippen molar-refractivity contribution in [3.8, 4) is 5.75 Å². The summed E-state index contributed by atoms with van der Waals surface area (Å²) in [7, 11) is 0. The summed E-state index contributed by atoms with van der Waals surface area (Å²) in [5.74, 6) is 1.35. The van der Waals surface area contributed by atoms with Gasteiger partial charge in [0.25, 0.3) is 0 Å². The summed E-state index contributed by atoms with van der Waals surface area (Å²) in [5.41, 5.74) is 4.57. The van der Waals surface area contributed by atoms with Crippen molar-refractivity contribution >= 4 is 0 Å². The Morgan fingerprint density at radius 3 is 3.05 bits per heavy atom. The van der Waals surface area contributed by atoms with Gasteiger partial charge in [0.15, 0.2) is 0 Å². The van der Waals surface area contributed by atoms with Gasteiger partial charge in [-0.25, -0.2) is 0 Å². The number of hydrogen-bond acceptors (Lipinski definition) is 2. The minimum atomic E-state index is 0.364. The van der Waals surface area contributed by atoms with E-state index in [0.29, 0.717) is 17.2 Å². The number of hydrogen-bond donors (Lipinski definition) is 2. The van der Waals surface area contributed by atoms with Crippen LogP contribution in [0.4, 0.5) is 0 Å². The van der Waals surface area contributed by atoms with Crippen molar-refractivity contribution in [3.05, 3.63) is 28.8 Å². The van der Waals surface area contributed by atoms with Gasteiger partial charge in [-0.2, -0.15) is 0 Å². The molecule has 2 nitrogen and oxygen atoms in total. The Labute approximate surface area is 134 Å². The summed E-state index contributed by atoms with van der Waals surface area (Å²) in [4.78, 5) is 0. The molecule has 1 aromatic carbocycles. The molecule has 22 heavy (non-hydrogen) atoms. The SMILES string of the molecule is CCCCc1cc2c(cc1O)[C@]13CCCC[C@@H]1[C@H](C2)NCC3. The minimum absolute atomic E-state index is 0.364. The molecule has 0 spiro atoms. The zero-order valence-corrected chi connectivity index (χ0v) is 13.8. The summed E-state index contributed by atoms with van der Waals surface area (Å²) in [6.45, 7) is 3.37. The number of phenolic OH excluding ortho intramolecular Hbond substituents is 1. The molecule has 2 heteroatoms. The van der Waals surface area contributed by atoms with Gasteiger partial charge in [-0.05, 0) is 73.7 Å². The van der Waals surface area contributed by atoms with E-state index in [1.807, 2.05) is 0 Å². The minimum Gasteiger partial charge on any atom is -0.508 e. The standard InChI is InChI=1S/C20H29NO/c1-2-3-6-14-11-15-12-18-16-7-4-5-8-20(16,9-10-21-18)17(15)13-19(14)22/h11,13,16,18,21-22H,2-10,12H2,1H3/t16-,18+,20+/m1/s1. The molecule has 0 unspecified atom stereocenters. The van der Waals surface area contributed by atoms with Crippen molar-refractivity contribution in [2.45, 2.75) is 76.2 Å². The van der Waals surface area contributed by atoms with E-state index in [2.05, 4.69) is 24.4 Å². The quantitative estimate of drug-likeness (QED) is 0.881. The number of aryl methyl sites for hydroxylation is 1. The van der Waals surface area contributed by atoms with Crippen molar-refractivity contribution in [2.75, 3.05) is 6.54 Å². The second-order valence-electron chi connectivity index (χ2n) is 7.76. The number of phenols is 1. The molecule has 0 aromatic heterocycles. The molecule has 1 heterocycles. The van der Waals surface area contributed by atoms with Gasteiger partial charge < -0.3 is 10.4 Å². The van der Waals surface area contributed by atoms with Gasteiger partial charge >= 0.3 is 0 Å². The molecule has 0 amide bonds. The Kier molecular flexibility index (Phi) is 3.68. The van der Waals surface area contributed by atoms with Crippen molar-refractivity contribution in [3.63, 3.8) is 0 Å². The molecule has 1 saturated carbocycles. The largest absolute Gasteiger partial charge is 0.508 e. The van der Waals surface area contributed by atoms with Crippen molar-refractivity contribution in [2.24, 2.45) is 5.92 Å². The highest BCUT2D eigenvalue weighted by atomic mass is 16.3. The number of rotatable bonds is 3. The monoisotopic (exact) mass is 299 g/mol. The maximum Gasteiger partial charge on any atom is 0.119 e. The second-order valence-corrected chi connectivity index (χ2v) is 7.76. The summed E-state index contributed by atoms with van der Waals surface area (Å²) in [6, 6.07) is 5.18. The molecule has 3 aliphatic rings. The number of nitrogens with one attached hydrogen (secondary N) is 1. The number of fused-ring (bicyclic) bond motifs is 1. The zero-order chi connectivity index (χ0) is 15.2. The molecule has 0 radical (unpaired) electrons. The van der Waals surface area contributed by atoms with E-state index in [9.17, 15) is 5.11 Å². The van der Waals surface area contributed by atoms with E-state index < -0.39 is 0 Å². The van der Waals surface area contributed by atoms with Gasteiger partial charge in [-0.1, -0.05) is 32.3 Å². The third kappa shape index (κ3) is 2.11. The molecule has 120 valence electrons.